The van der Waals surface area contributed by atoms with Gasteiger partial charge in [-0.1, -0.05) is 45.4 Å². The first kappa shape index (κ1) is 26.1. The van der Waals surface area contributed by atoms with E-state index in [2.05, 4.69) is 17.2 Å². The predicted octanol–water partition coefficient (Wildman–Crippen LogP) is 4.77. The standard InChI is InChI=1S/C25H48N4O2/c1-20-5-7-21(8-6-20)18-22-9-11-23(12-10-22)19-24(26)4-3-14-30-16-17-31-15-13-29-25(27)28-2/h20-23,26H,3-19H2,1-2H3,(H3,27,28,29). The highest BCUT2D eigenvalue weighted by molar-refractivity contribution is 5.81. The maximum absolute atomic E-state index is 8.34. The van der Waals surface area contributed by atoms with Gasteiger partial charge in [0.05, 0.1) is 19.8 Å². The monoisotopic (exact) mass is 436 g/mol. The molecule has 0 aromatic heterocycles. The van der Waals surface area contributed by atoms with Crippen LogP contribution in [0.15, 0.2) is 4.99 Å². The molecule has 2 aliphatic rings. The Labute approximate surface area is 190 Å². The highest BCUT2D eigenvalue weighted by Gasteiger charge is 2.26. The lowest BCUT2D eigenvalue weighted by molar-refractivity contribution is 0.0493. The molecule has 0 unspecified atom stereocenters. The van der Waals surface area contributed by atoms with Gasteiger partial charge in [-0.25, -0.2) is 0 Å². The van der Waals surface area contributed by atoms with E-state index < -0.39 is 0 Å². The van der Waals surface area contributed by atoms with E-state index in [9.17, 15) is 0 Å². The number of rotatable bonds is 14. The van der Waals surface area contributed by atoms with Gasteiger partial charge < -0.3 is 25.9 Å². The quantitative estimate of drug-likeness (QED) is 0.208. The van der Waals surface area contributed by atoms with E-state index in [0.717, 1.165) is 48.6 Å². The van der Waals surface area contributed by atoms with Crippen LogP contribution >= 0.6 is 0 Å². The van der Waals surface area contributed by atoms with Gasteiger partial charge in [0, 0.05) is 25.9 Å². The lowest BCUT2D eigenvalue weighted by Gasteiger charge is -2.33. The third kappa shape index (κ3) is 11.9. The Hall–Kier alpha value is -1.14. The normalized spacial score (nSPS) is 27.2. The van der Waals surface area contributed by atoms with Crippen LogP contribution in [0.1, 0.15) is 84.0 Å². The lowest BCUT2D eigenvalue weighted by Crippen LogP contribution is -2.34. The maximum atomic E-state index is 8.34. The number of hydrogen-bond acceptors (Lipinski definition) is 4. The molecule has 180 valence electrons. The van der Waals surface area contributed by atoms with Crippen LogP contribution in [0.3, 0.4) is 0 Å². The summed E-state index contributed by atoms with van der Waals surface area (Å²) in [4.78, 5) is 3.82. The second-order valence-corrected chi connectivity index (χ2v) is 9.92. The summed E-state index contributed by atoms with van der Waals surface area (Å²) < 4.78 is 11.1. The molecule has 0 radical (unpaired) electrons. The van der Waals surface area contributed by atoms with Crippen molar-refractivity contribution >= 4 is 11.7 Å². The minimum atomic E-state index is 0.435. The summed E-state index contributed by atoms with van der Waals surface area (Å²) in [5, 5.41) is 11.3. The van der Waals surface area contributed by atoms with Crippen molar-refractivity contribution < 1.29 is 9.47 Å². The average Bonchev–Trinajstić information content (AvgIpc) is 2.77. The van der Waals surface area contributed by atoms with E-state index in [0.29, 0.717) is 38.9 Å². The Morgan fingerprint density at radius 3 is 2.13 bits per heavy atom. The van der Waals surface area contributed by atoms with Crippen LogP contribution in [0.2, 0.25) is 0 Å². The summed E-state index contributed by atoms with van der Waals surface area (Å²) >= 11 is 0. The first-order valence-corrected chi connectivity index (χ1v) is 12.7. The van der Waals surface area contributed by atoms with Gasteiger partial charge in [-0.05, 0) is 62.2 Å². The zero-order valence-corrected chi connectivity index (χ0v) is 20.2. The second-order valence-electron chi connectivity index (χ2n) is 9.92. The zero-order chi connectivity index (χ0) is 22.3. The molecule has 0 bridgehead atoms. The molecule has 0 aliphatic heterocycles. The molecule has 0 aromatic rings. The summed E-state index contributed by atoms with van der Waals surface area (Å²) in [7, 11) is 1.65. The molecule has 0 heterocycles. The molecule has 2 aliphatic carbocycles. The number of ether oxygens (including phenoxy) is 2. The van der Waals surface area contributed by atoms with Gasteiger partial charge in [0.2, 0.25) is 0 Å². The number of hydrogen-bond donors (Lipinski definition) is 3. The molecule has 0 saturated heterocycles. The number of nitrogens with zero attached hydrogens (tertiary/aromatic N) is 1. The molecule has 4 N–H and O–H groups in total. The summed E-state index contributed by atoms with van der Waals surface area (Å²) in [5.41, 5.74) is 6.46. The van der Waals surface area contributed by atoms with E-state index in [1.165, 1.54) is 57.8 Å². The molecule has 0 atom stereocenters. The van der Waals surface area contributed by atoms with E-state index in [4.69, 9.17) is 20.6 Å². The van der Waals surface area contributed by atoms with Crippen molar-refractivity contribution in [2.24, 2.45) is 34.4 Å². The second kappa shape index (κ2) is 15.6. The van der Waals surface area contributed by atoms with Gasteiger partial charge in [0.15, 0.2) is 5.96 Å². The minimum Gasteiger partial charge on any atom is -0.379 e. The summed E-state index contributed by atoms with van der Waals surface area (Å²) in [5.74, 6) is 4.12. The van der Waals surface area contributed by atoms with E-state index in [-0.39, 0.29) is 0 Å². The van der Waals surface area contributed by atoms with Crippen molar-refractivity contribution in [3.63, 3.8) is 0 Å². The Morgan fingerprint density at radius 1 is 0.903 bits per heavy atom. The van der Waals surface area contributed by atoms with Gasteiger partial charge in [0.1, 0.15) is 0 Å². The largest absolute Gasteiger partial charge is 0.379 e. The van der Waals surface area contributed by atoms with Gasteiger partial charge in [-0.2, -0.15) is 0 Å². The number of aliphatic imine (C=N–C) groups is 1. The van der Waals surface area contributed by atoms with E-state index in [1.54, 1.807) is 7.05 Å². The summed E-state index contributed by atoms with van der Waals surface area (Å²) in [6, 6.07) is 0. The van der Waals surface area contributed by atoms with Crippen LogP contribution in [0.4, 0.5) is 0 Å². The van der Waals surface area contributed by atoms with Crippen LogP contribution in [0, 0.1) is 29.1 Å². The SMILES string of the molecule is CN=C(N)NCCOCCOCCCC(=N)CC1CCC(CC2CCC(C)CC2)CC1. The summed E-state index contributed by atoms with van der Waals surface area (Å²) in [6.07, 6.45) is 15.7. The van der Waals surface area contributed by atoms with Crippen LogP contribution < -0.4 is 11.1 Å². The van der Waals surface area contributed by atoms with Crippen LogP contribution in [0.25, 0.3) is 0 Å². The molecule has 6 heteroatoms. The van der Waals surface area contributed by atoms with Crippen molar-refractivity contribution in [2.75, 3.05) is 40.0 Å². The van der Waals surface area contributed by atoms with Crippen molar-refractivity contribution in [1.82, 2.24) is 5.32 Å². The van der Waals surface area contributed by atoms with Crippen LogP contribution in [-0.4, -0.2) is 51.7 Å². The van der Waals surface area contributed by atoms with Crippen LogP contribution in [-0.2, 0) is 9.47 Å². The average molecular weight is 437 g/mol. The fraction of sp³-hybridized carbons (Fsp3) is 0.920. The molecule has 2 fully saturated rings. The fourth-order valence-electron chi connectivity index (χ4n) is 5.20. The molecule has 2 saturated carbocycles. The lowest BCUT2D eigenvalue weighted by atomic mass is 9.72. The highest BCUT2D eigenvalue weighted by atomic mass is 16.5. The third-order valence-electron chi connectivity index (χ3n) is 7.24. The van der Waals surface area contributed by atoms with E-state index in [1.807, 2.05) is 0 Å². The molecule has 31 heavy (non-hydrogen) atoms. The Balaban J connectivity index is 1.40. The third-order valence-corrected chi connectivity index (χ3v) is 7.24. The van der Waals surface area contributed by atoms with Crippen molar-refractivity contribution in [2.45, 2.75) is 84.0 Å². The number of nitrogens with two attached hydrogens (primary N) is 1. The van der Waals surface area contributed by atoms with Crippen molar-refractivity contribution in [1.29, 1.82) is 5.41 Å². The topological polar surface area (TPSA) is 92.7 Å². The first-order chi connectivity index (χ1) is 15.1. The van der Waals surface area contributed by atoms with Crippen LogP contribution in [0.5, 0.6) is 0 Å². The van der Waals surface area contributed by atoms with Gasteiger partial charge >= 0.3 is 0 Å². The van der Waals surface area contributed by atoms with Gasteiger partial charge in [0.25, 0.3) is 0 Å². The molecule has 6 nitrogen and oxygen atoms in total. The zero-order valence-electron chi connectivity index (χ0n) is 20.2. The molecular weight excluding hydrogens is 388 g/mol. The molecule has 2 rings (SSSR count). The van der Waals surface area contributed by atoms with Gasteiger partial charge in [-0.15, -0.1) is 0 Å². The molecular formula is C25H48N4O2. The number of nitrogens with one attached hydrogen (secondary N) is 2. The predicted molar refractivity (Wildman–Crippen MR) is 130 cm³/mol. The van der Waals surface area contributed by atoms with Crippen molar-refractivity contribution in [3.8, 4) is 0 Å². The van der Waals surface area contributed by atoms with Crippen molar-refractivity contribution in [3.05, 3.63) is 0 Å². The Morgan fingerprint density at radius 2 is 1.48 bits per heavy atom. The highest BCUT2D eigenvalue weighted by Crippen LogP contribution is 2.39. The van der Waals surface area contributed by atoms with Gasteiger partial charge in [-0.3, -0.25) is 4.99 Å². The first-order valence-electron chi connectivity index (χ1n) is 12.7. The smallest absolute Gasteiger partial charge is 0.188 e. The maximum Gasteiger partial charge on any atom is 0.188 e. The molecule has 0 aromatic carbocycles. The molecule has 0 spiro atoms. The Bertz CT molecular complexity index is 510. The fourth-order valence-corrected chi connectivity index (χ4v) is 5.20. The summed E-state index contributed by atoms with van der Waals surface area (Å²) in [6.45, 7) is 5.57. The Kier molecular flexibility index (Phi) is 13.2. The van der Waals surface area contributed by atoms with E-state index >= 15 is 0 Å². The minimum absolute atomic E-state index is 0.435. The molecule has 0 amide bonds. The number of guanidine groups is 1.